The highest BCUT2D eigenvalue weighted by Gasteiger charge is 2.06. The highest BCUT2D eigenvalue weighted by molar-refractivity contribution is 6.17. The molecule has 1 aromatic heterocycles. The molecule has 17 heavy (non-hydrogen) atoms. The molecule has 86 valence electrons. The molecule has 2 heterocycles. The van der Waals surface area contributed by atoms with Gasteiger partial charge in [-0.2, -0.15) is 5.10 Å². The molecule has 6 nitrogen and oxygen atoms in total. The van der Waals surface area contributed by atoms with Gasteiger partial charge in [-0.25, -0.2) is 10.4 Å². The zero-order chi connectivity index (χ0) is 11.9. The van der Waals surface area contributed by atoms with Crippen LogP contribution in [0.2, 0.25) is 0 Å². The molecule has 0 fully saturated rings. The Morgan fingerprint density at radius 3 is 3.29 bits per heavy atom. The number of hydrogen-bond acceptors (Lipinski definition) is 5. The van der Waals surface area contributed by atoms with E-state index in [0.717, 1.165) is 0 Å². The molecule has 1 amide bonds. The second kappa shape index (κ2) is 5.55. The van der Waals surface area contributed by atoms with E-state index >= 15 is 0 Å². The molecule has 1 aromatic rings. The average Bonchev–Trinajstić information content (AvgIpc) is 2.69. The van der Waals surface area contributed by atoms with Crippen LogP contribution in [-0.2, 0) is 4.79 Å². The number of furan rings is 1. The van der Waals surface area contributed by atoms with Gasteiger partial charge in [0.15, 0.2) is 0 Å². The first-order chi connectivity index (χ1) is 8.36. The summed E-state index contributed by atoms with van der Waals surface area (Å²) in [6.07, 6.45) is 7.57. The third kappa shape index (κ3) is 3.23. The van der Waals surface area contributed by atoms with Crippen molar-refractivity contribution < 1.29 is 9.21 Å². The summed E-state index contributed by atoms with van der Waals surface area (Å²) in [5.41, 5.74) is 2.64. The van der Waals surface area contributed by atoms with Crippen LogP contribution in [-0.4, -0.2) is 31.1 Å². The summed E-state index contributed by atoms with van der Waals surface area (Å²) < 4.78 is 5.02. The van der Waals surface area contributed by atoms with E-state index in [0.29, 0.717) is 18.0 Å². The van der Waals surface area contributed by atoms with E-state index in [1.165, 1.54) is 18.7 Å². The van der Waals surface area contributed by atoms with Crippen molar-refractivity contribution in [2.75, 3.05) is 6.54 Å². The van der Waals surface area contributed by atoms with Crippen LogP contribution < -0.4 is 5.43 Å². The van der Waals surface area contributed by atoms with Crippen molar-refractivity contribution >= 4 is 24.6 Å². The molecule has 0 aromatic carbocycles. The van der Waals surface area contributed by atoms with Crippen LogP contribution in [0.3, 0.4) is 0 Å². The van der Waals surface area contributed by atoms with E-state index in [4.69, 9.17) is 4.42 Å². The van der Waals surface area contributed by atoms with Crippen LogP contribution in [0.5, 0.6) is 0 Å². The fraction of sp³-hybridized carbons (Fsp3) is 0.0909. The minimum absolute atomic E-state index is 0.291. The van der Waals surface area contributed by atoms with Crippen molar-refractivity contribution in [3.8, 4) is 0 Å². The molecule has 2 rings (SSSR count). The summed E-state index contributed by atoms with van der Waals surface area (Å²) in [4.78, 5) is 19.4. The van der Waals surface area contributed by atoms with Gasteiger partial charge < -0.3 is 4.42 Å². The first-order valence-electron chi connectivity index (χ1n) is 4.96. The predicted octanol–water partition coefficient (Wildman–Crippen LogP) is 0.769. The number of carbonyl (C=O) groups is 1. The fourth-order valence-electron chi connectivity index (χ4n) is 1.14. The Balaban J connectivity index is 1.91. The molecule has 0 atom stereocenters. The fourth-order valence-corrected chi connectivity index (χ4v) is 1.14. The number of amides is 1. The number of nitrogens with one attached hydrogen (secondary N) is 1. The molecule has 1 aliphatic rings. The van der Waals surface area contributed by atoms with Gasteiger partial charge in [-0.3, -0.25) is 9.79 Å². The lowest BCUT2D eigenvalue weighted by Gasteiger charge is -1.97. The number of hydrazone groups is 1. The van der Waals surface area contributed by atoms with Crippen molar-refractivity contribution in [1.29, 1.82) is 0 Å². The van der Waals surface area contributed by atoms with Gasteiger partial charge in [0, 0.05) is 12.4 Å². The Hall–Kier alpha value is -2.50. The normalized spacial score (nSPS) is 14.7. The van der Waals surface area contributed by atoms with E-state index in [1.54, 1.807) is 24.4 Å². The van der Waals surface area contributed by atoms with Gasteiger partial charge in [-0.15, -0.1) is 0 Å². The molecule has 6 heteroatoms. The van der Waals surface area contributed by atoms with Gasteiger partial charge in [-0.1, -0.05) is 0 Å². The third-order valence-electron chi connectivity index (χ3n) is 1.91. The topological polar surface area (TPSA) is 79.3 Å². The maximum absolute atomic E-state index is 11.6. The summed E-state index contributed by atoms with van der Waals surface area (Å²) in [5, 5.41) is 3.75. The summed E-state index contributed by atoms with van der Waals surface area (Å²) >= 11 is 0. The highest BCUT2D eigenvalue weighted by Crippen LogP contribution is 1.99. The molecule has 1 N–H and O–H groups in total. The average molecular weight is 230 g/mol. The van der Waals surface area contributed by atoms with Crippen LogP contribution in [0.25, 0.3) is 0 Å². The maximum Gasteiger partial charge on any atom is 0.289 e. The summed E-state index contributed by atoms with van der Waals surface area (Å²) in [6, 6.07) is 3.46. The monoisotopic (exact) mass is 230 g/mol. The number of aliphatic imine (C=N–C) groups is 2. The molecule has 0 saturated heterocycles. The molecule has 0 unspecified atom stereocenters. The molecule has 0 bridgehead atoms. The second-order valence-electron chi connectivity index (χ2n) is 3.10. The van der Waals surface area contributed by atoms with Crippen LogP contribution in [0, 0.1) is 0 Å². The summed E-state index contributed by atoms with van der Waals surface area (Å²) in [5.74, 6) is 0.182. The Bertz CT molecular complexity index is 498. The van der Waals surface area contributed by atoms with Crippen LogP contribution in [0.4, 0.5) is 0 Å². The molecular weight excluding hydrogens is 220 g/mol. The summed E-state index contributed by atoms with van der Waals surface area (Å²) in [6.45, 7) is 0.435. The third-order valence-corrected chi connectivity index (χ3v) is 1.91. The molecule has 0 radical (unpaired) electrons. The summed E-state index contributed by atoms with van der Waals surface area (Å²) in [7, 11) is 0. The Kier molecular flexibility index (Phi) is 3.59. The standard InChI is InChI=1S/C11H10N4O2/c16-11(10-3-4-12-5-6-13-10)15-14-8-9-2-1-7-17-9/h1-3,5-8H,4H2,(H,15,16)/b14-8-. The second-order valence-corrected chi connectivity index (χ2v) is 3.10. The van der Waals surface area contributed by atoms with Crippen LogP contribution in [0.15, 0.2) is 49.7 Å². The van der Waals surface area contributed by atoms with E-state index in [9.17, 15) is 4.79 Å². The van der Waals surface area contributed by atoms with Gasteiger partial charge in [0.2, 0.25) is 0 Å². The number of rotatable bonds is 3. The molecular formula is C11H10N4O2. The predicted molar refractivity (Wildman–Crippen MR) is 64.4 cm³/mol. The van der Waals surface area contributed by atoms with Crippen molar-refractivity contribution in [1.82, 2.24) is 5.43 Å². The molecule has 0 aliphatic carbocycles. The quantitative estimate of drug-likeness (QED) is 0.614. The lowest BCUT2D eigenvalue weighted by molar-refractivity contribution is -0.117. The van der Waals surface area contributed by atoms with Gasteiger partial charge in [0.25, 0.3) is 5.91 Å². The molecule has 1 aliphatic heterocycles. The number of nitrogens with zero attached hydrogens (tertiary/aromatic N) is 3. The first-order valence-corrected chi connectivity index (χ1v) is 4.96. The van der Waals surface area contributed by atoms with Gasteiger partial charge in [0.1, 0.15) is 11.5 Å². The van der Waals surface area contributed by atoms with Gasteiger partial charge >= 0.3 is 0 Å². The first kappa shape index (κ1) is 11.0. The van der Waals surface area contributed by atoms with Crippen molar-refractivity contribution in [2.24, 2.45) is 15.1 Å². The van der Waals surface area contributed by atoms with Crippen molar-refractivity contribution in [3.05, 3.63) is 35.9 Å². The van der Waals surface area contributed by atoms with E-state index in [-0.39, 0.29) is 5.91 Å². The highest BCUT2D eigenvalue weighted by atomic mass is 16.3. The molecule has 0 spiro atoms. The van der Waals surface area contributed by atoms with Crippen LogP contribution >= 0.6 is 0 Å². The van der Waals surface area contributed by atoms with Crippen molar-refractivity contribution in [3.63, 3.8) is 0 Å². The minimum atomic E-state index is -0.380. The van der Waals surface area contributed by atoms with E-state index < -0.39 is 0 Å². The Morgan fingerprint density at radius 1 is 1.53 bits per heavy atom. The van der Waals surface area contributed by atoms with Crippen LogP contribution in [0.1, 0.15) is 5.76 Å². The molecule has 0 saturated carbocycles. The SMILES string of the molecule is O=C(N/N=C\c1ccco1)C1=CCN=CC=N1. The zero-order valence-corrected chi connectivity index (χ0v) is 8.91. The zero-order valence-electron chi connectivity index (χ0n) is 8.91. The van der Waals surface area contributed by atoms with Gasteiger partial charge in [0.05, 0.1) is 19.0 Å². The van der Waals surface area contributed by atoms with E-state index in [2.05, 4.69) is 20.5 Å². The van der Waals surface area contributed by atoms with Gasteiger partial charge in [-0.05, 0) is 18.2 Å². The lowest BCUT2D eigenvalue weighted by atomic mass is 10.4. The number of carbonyl (C=O) groups excluding carboxylic acids is 1. The van der Waals surface area contributed by atoms with Crippen molar-refractivity contribution in [2.45, 2.75) is 0 Å². The Morgan fingerprint density at radius 2 is 2.47 bits per heavy atom. The number of hydrogen-bond donors (Lipinski definition) is 1. The minimum Gasteiger partial charge on any atom is -0.463 e. The van der Waals surface area contributed by atoms with E-state index in [1.807, 2.05) is 0 Å². The lowest BCUT2D eigenvalue weighted by Crippen LogP contribution is -2.19. The maximum atomic E-state index is 11.6. The largest absolute Gasteiger partial charge is 0.463 e. The Labute approximate surface area is 97.5 Å². The smallest absolute Gasteiger partial charge is 0.289 e.